The summed E-state index contributed by atoms with van der Waals surface area (Å²) in [6.45, 7) is 4.48. The van der Waals surface area contributed by atoms with Crippen molar-refractivity contribution in [2.24, 2.45) is 17.8 Å². The topological polar surface area (TPSA) is 9.23 Å². The van der Waals surface area contributed by atoms with Gasteiger partial charge in [0.05, 0.1) is 6.10 Å². The van der Waals surface area contributed by atoms with Crippen LogP contribution in [0.3, 0.4) is 0 Å². The van der Waals surface area contributed by atoms with Gasteiger partial charge in [-0.2, -0.15) is 0 Å². The van der Waals surface area contributed by atoms with Crippen molar-refractivity contribution in [1.82, 2.24) is 0 Å². The van der Waals surface area contributed by atoms with Gasteiger partial charge in [-0.05, 0) is 110 Å². The fourth-order valence-corrected chi connectivity index (χ4v) is 7.42. The van der Waals surface area contributed by atoms with Crippen LogP contribution in [0.4, 0.5) is 8.78 Å². The molecular weight excluding hydrogens is 474 g/mol. The maximum absolute atomic E-state index is 15.1. The molecule has 4 rings (SSSR count). The van der Waals surface area contributed by atoms with E-state index in [2.05, 4.69) is 19.9 Å². The van der Waals surface area contributed by atoms with E-state index in [1.807, 2.05) is 25.3 Å². The van der Waals surface area contributed by atoms with Crippen molar-refractivity contribution in [3.05, 3.63) is 59.2 Å². The minimum atomic E-state index is -0.226. The third-order valence-corrected chi connectivity index (χ3v) is 9.80. The standard InChI is InChI=1S/C35H50F2O/c1-4-8-25-11-15-27(16-12-25)30-21-22-32(34(37)23-30)31-20-19-28(33(36)24-31)10-7-6-9-26-13-17-29(18-14-26)35(5-2)38-3/h19-27,29,35H,4-18H2,1-3H3. The molecule has 2 aliphatic carbocycles. The van der Waals surface area contributed by atoms with Crippen molar-refractivity contribution in [2.45, 2.75) is 122 Å². The highest BCUT2D eigenvalue weighted by molar-refractivity contribution is 5.65. The van der Waals surface area contributed by atoms with Gasteiger partial charge < -0.3 is 4.74 Å². The zero-order chi connectivity index (χ0) is 26.9. The number of rotatable bonds is 12. The van der Waals surface area contributed by atoms with E-state index in [1.165, 1.54) is 63.9 Å². The average Bonchev–Trinajstić information content (AvgIpc) is 2.94. The molecule has 0 aliphatic heterocycles. The summed E-state index contributed by atoms with van der Waals surface area (Å²) in [6, 6.07) is 10.9. The van der Waals surface area contributed by atoms with E-state index in [0.717, 1.165) is 67.4 Å². The number of unbranched alkanes of at least 4 members (excludes halogenated alkanes) is 1. The first kappa shape index (κ1) is 29.2. The van der Waals surface area contributed by atoms with Gasteiger partial charge in [0.15, 0.2) is 0 Å². The largest absolute Gasteiger partial charge is 0.381 e. The second-order valence-electron chi connectivity index (χ2n) is 12.3. The lowest BCUT2D eigenvalue weighted by atomic mass is 9.77. The van der Waals surface area contributed by atoms with Crippen molar-refractivity contribution >= 4 is 0 Å². The number of benzene rings is 2. The van der Waals surface area contributed by atoms with Gasteiger partial charge >= 0.3 is 0 Å². The highest BCUT2D eigenvalue weighted by Crippen LogP contribution is 2.39. The molecule has 0 bridgehead atoms. The molecule has 2 aliphatic rings. The second kappa shape index (κ2) is 14.6. The zero-order valence-corrected chi connectivity index (χ0v) is 24.1. The number of methoxy groups -OCH3 is 1. The SMILES string of the molecule is CCCC1CCC(c2ccc(-c3ccc(CCCCC4CCC(C(CC)OC)CC4)c(F)c3)c(F)c2)CC1. The molecule has 1 atom stereocenters. The van der Waals surface area contributed by atoms with E-state index in [9.17, 15) is 4.39 Å². The van der Waals surface area contributed by atoms with Crippen LogP contribution < -0.4 is 0 Å². The molecule has 2 saturated carbocycles. The summed E-state index contributed by atoms with van der Waals surface area (Å²) in [7, 11) is 1.85. The molecule has 38 heavy (non-hydrogen) atoms. The van der Waals surface area contributed by atoms with Gasteiger partial charge in [-0.1, -0.05) is 76.6 Å². The Bertz CT molecular complexity index is 981. The van der Waals surface area contributed by atoms with E-state index >= 15 is 4.39 Å². The van der Waals surface area contributed by atoms with Crippen molar-refractivity contribution in [3.63, 3.8) is 0 Å². The lowest BCUT2D eigenvalue weighted by Gasteiger charge is -2.32. The Morgan fingerprint density at radius 3 is 2.13 bits per heavy atom. The number of hydrogen-bond donors (Lipinski definition) is 0. The minimum Gasteiger partial charge on any atom is -0.381 e. The summed E-state index contributed by atoms with van der Waals surface area (Å²) in [5.74, 6) is 2.41. The van der Waals surface area contributed by atoms with Gasteiger partial charge in [-0.15, -0.1) is 0 Å². The Morgan fingerprint density at radius 2 is 1.50 bits per heavy atom. The number of hydrogen-bond acceptors (Lipinski definition) is 1. The second-order valence-corrected chi connectivity index (χ2v) is 12.3. The predicted octanol–water partition coefficient (Wildman–Crippen LogP) is 10.6. The Labute approximate surface area is 230 Å². The Kier molecular flexibility index (Phi) is 11.2. The van der Waals surface area contributed by atoms with Crippen LogP contribution in [0, 0.1) is 29.4 Å². The lowest BCUT2D eigenvalue weighted by molar-refractivity contribution is 0.0264. The normalized spacial score (nSPS) is 24.9. The number of aryl methyl sites for hydroxylation is 1. The Morgan fingerprint density at radius 1 is 0.789 bits per heavy atom. The van der Waals surface area contributed by atoms with Gasteiger partial charge in [0.2, 0.25) is 0 Å². The van der Waals surface area contributed by atoms with E-state index in [4.69, 9.17) is 4.74 Å². The highest BCUT2D eigenvalue weighted by atomic mass is 19.1. The maximum atomic E-state index is 15.1. The van der Waals surface area contributed by atoms with Crippen molar-refractivity contribution in [1.29, 1.82) is 0 Å². The predicted molar refractivity (Wildman–Crippen MR) is 155 cm³/mol. The Hall–Kier alpha value is -1.74. The van der Waals surface area contributed by atoms with Gasteiger partial charge in [0.25, 0.3) is 0 Å². The van der Waals surface area contributed by atoms with Gasteiger partial charge in [0, 0.05) is 12.7 Å². The monoisotopic (exact) mass is 524 g/mol. The summed E-state index contributed by atoms with van der Waals surface area (Å²) < 4.78 is 35.8. The third kappa shape index (κ3) is 7.68. The van der Waals surface area contributed by atoms with Crippen LogP contribution in [-0.4, -0.2) is 13.2 Å². The third-order valence-electron chi connectivity index (χ3n) is 9.80. The van der Waals surface area contributed by atoms with Crippen molar-refractivity contribution in [3.8, 4) is 11.1 Å². The van der Waals surface area contributed by atoms with E-state index < -0.39 is 0 Å². The van der Waals surface area contributed by atoms with Gasteiger partial charge in [0.1, 0.15) is 11.6 Å². The van der Waals surface area contributed by atoms with Crippen LogP contribution in [0.5, 0.6) is 0 Å². The molecule has 0 amide bonds. The summed E-state index contributed by atoms with van der Waals surface area (Å²) in [5.41, 5.74) is 3.01. The van der Waals surface area contributed by atoms with Crippen LogP contribution in [0.1, 0.15) is 121 Å². The molecule has 0 spiro atoms. The maximum Gasteiger partial charge on any atom is 0.131 e. The molecule has 1 nitrogen and oxygen atoms in total. The minimum absolute atomic E-state index is 0.203. The number of halogens is 2. The van der Waals surface area contributed by atoms with Crippen LogP contribution >= 0.6 is 0 Å². The van der Waals surface area contributed by atoms with Crippen molar-refractivity contribution in [2.75, 3.05) is 7.11 Å². The van der Waals surface area contributed by atoms with Gasteiger partial charge in [-0.25, -0.2) is 8.78 Å². The summed E-state index contributed by atoms with van der Waals surface area (Å²) in [4.78, 5) is 0. The average molecular weight is 525 g/mol. The Balaban J connectivity index is 1.24. The molecule has 0 saturated heterocycles. The van der Waals surface area contributed by atoms with E-state index in [1.54, 1.807) is 6.07 Å². The fourth-order valence-electron chi connectivity index (χ4n) is 7.42. The molecule has 3 heteroatoms. The quantitative estimate of drug-likeness (QED) is 0.251. The lowest BCUT2D eigenvalue weighted by Crippen LogP contribution is -2.26. The first-order valence-corrected chi connectivity index (χ1v) is 15.6. The molecule has 0 radical (unpaired) electrons. The number of ether oxygens (including phenoxy) is 1. The molecule has 210 valence electrons. The first-order chi connectivity index (χ1) is 18.5. The van der Waals surface area contributed by atoms with Crippen LogP contribution in [0.15, 0.2) is 36.4 Å². The van der Waals surface area contributed by atoms with Crippen LogP contribution in [0.2, 0.25) is 0 Å². The first-order valence-electron chi connectivity index (χ1n) is 15.6. The molecule has 0 heterocycles. The van der Waals surface area contributed by atoms with Gasteiger partial charge in [-0.3, -0.25) is 0 Å². The molecule has 2 aromatic rings. The van der Waals surface area contributed by atoms with Crippen LogP contribution in [0.25, 0.3) is 11.1 Å². The highest BCUT2D eigenvalue weighted by Gasteiger charge is 2.26. The molecular formula is C35H50F2O. The molecule has 2 fully saturated rings. The van der Waals surface area contributed by atoms with E-state index in [0.29, 0.717) is 23.1 Å². The zero-order valence-electron chi connectivity index (χ0n) is 24.1. The molecule has 0 N–H and O–H groups in total. The molecule has 1 unspecified atom stereocenters. The van der Waals surface area contributed by atoms with Crippen molar-refractivity contribution < 1.29 is 13.5 Å². The summed E-state index contributed by atoms with van der Waals surface area (Å²) in [5, 5.41) is 0. The molecule has 0 aromatic heterocycles. The van der Waals surface area contributed by atoms with E-state index in [-0.39, 0.29) is 11.6 Å². The molecule has 2 aromatic carbocycles. The smallest absolute Gasteiger partial charge is 0.131 e. The summed E-state index contributed by atoms with van der Waals surface area (Å²) in [6.07, 6.45) is 18.2. The summed E-state index contributed by atoms with van der Waals surface area (Å²) >= 11 is 0. The fraction of sp³-hybridized carbons (Fsp3) is 0.657. The van der Waals surface area contributed by atoms with Crippen LogP contribution in [-0.2, 0) is 11.2 Å².